The number of nitriles is 1. The maximum Gasteiger partial charge on any atom is 0.243 e. The molecule has 0 aliphatic carbocycles. The Bertz CT molecular complexity index is 665. The van der Waals surface area contributed by atoms with Gasteiger partial charge in [0.15, 0.2) is 0 Å². The van der Waals surface area contributed by atoms with Gasteiger partial charge in [-0.1, -0.05) is 25.5 Å². The van der Waals surface area contributed by atoms with Crippen molar-refractivity contribution in [2.75, 3.05) is 30.7 Å². The molecule has 0 heterocycles. The molecule has 0 spiro atoms. The van der Waals surface area contributed by atoms with Gasteiger partial charge in [-0.15, -0.1) is 0 Å². The smallest absolute Gasteiger partial charge is 0.243 e. The maximum atomic E-state index is 12.2. The van der Waals surface area contributed by atoms with Gasteiger partial charge < -0.3 is 4.90 Å². The Labute approximate surface area is 132 Å². The van der Waals surface area contributed by atoms with E-state index >= 15 is 0 Å². The van der Waals surface area contributed by atoms with E-state index in [0.29, 0.717) is 6.54 Å². The number of unbranched alkanes of at least 4 members (excludes halogenated alkanes) is 1. The van der Waals surface area contributed by atoms with Crippen molar-refractivity contribution < 1.29 is 13.2 Å². The minimum absolute atomic E-state index is 0.219. The molecular weight excluding hydrogens is 302 g/mol. The van der Waals surface area contributed by atoms with Gasteiger partial charge in [-0.05, 0) is 18.6 Å². The summed E-state index contributed by atoms with van der Waals surface area (Å²) in [6.45, 7) is 2.29. The number of rotatable bonds is 7. The summed E-state index contributed by atoms with van der Waals surface area (Å²) in [6, 6.07) is 8.30. The molecular formula is C15H21N3O3S. The van der Waals surface area contributed by atoms with Crippen LogP contribution in [0.4, 0.5) is 5.69 Å². The van der Waals surface area contributed by atoms with Crippen molar-refractivity contribution in [3.63, 3.8) is 0 Å². The van der Waals surface area contributed by atoms with E-state index in [1.165, 1.54) is 17.0 Å². The van der Waals surface area contributed by atoms with Gasteiger partial charge in [-0.3, -0.25) is 9.10 Å². The molecule has 120 valence electrons. The minimum atomic E-state index is -3.66. The Morgan fingerprint density at radius 3 is 2.50 bits per heavy atom. The highest BCUT2D eigenvalue weighted by Gasteiger charge is 2.24. The highest BCUT2D eigenvalue weighted by molar-refractivity contribution is 7.92. The van der Waals surface area contributed by atoms with E-state index in [1.54, 1.807) is 19.2 Å². The molecule has 0 fully saturated rings. The highest BCUT2D eigenvalue weighted by atomic mass is 32.2. The highest BCUT2D eigenvalue weighted by Crippen LogP contribution is 2.22. The van der Waals surface area contributed by atoms with Crippen LogP contribution in [0.1, 0.15) is 25.3 Å². The molecule has 0 bridgehead atoms. The summed E-state index contributed by atoms with van der Waals surface area (Å²) in [5.41, 5.74) is 0.446. The summed E-state index contributed by atoms with van der Waals surface area (Å²) < 4.78 is 25.0. The van der Waals surface area contributed by atoms with Gasteiger partial charge in [-0.2, -0.15) is 5.26 Å². The molecule has 0 N–H and O–H groups in total. The van der Waals surface area contributed by atoms with Crippen LogP contribution in [0.25, 0.3) is 0 Å². The molecule has 0 aromatic heterocycles. The molecule has 1 amide bonds. The molecule has 0 saturated carbocycles. The summed E-state index contributed by atoms with van der Waals surface area (Å²) in [5, 5.41) is 9.13. The minimum Gasteiger partial charge on any atom is -0.344 e. The lowest BCUT2D eigenvalue weighted by atomic mass is 10.2. The van der Waals surface area contributed by atoms with Crippen LogP contribution in [-0.4, -0.2) is 45.6 Å². The Balaban J connectivity index is 3.07. The van der Waals surface area contributed by atoms with Crippen molar-refractivity contribution >= 4 is 21.6 Å². The fourth-order valence-electron chi connectivity index (χ4n) is 1.93. The molecule has 1 aromatic carbocycles. The van der Waals surface area contributed by atoms with E-state index in [-0.39, 0.29) is 23.7 Å². The predicted octanol–water partition coefficient (Wildman–Crippen LogP) is 1.58. The van der Waals surface area contributed by atoms with Gasteiger partial charge in [0.2, 0.25) is 15.9 Å². The molecule has 22 heavy (non-hydrogen) atoms. The number of likely N-dealkylation sites (N-methyl/N-ethyl adjacent to an activating group) is 1. The van der Waals surface area contributed by atoms with Gasteiger partial charge in [-0.25, -0.2) is 8.42 Å². The first-order valence-electron chi connectivity index (χ1n) is 7.02. The average molecular weight is 323 g/mol. The van der Waals surface area contributed by atoms with Crippen molar-refractivity contribution in [2.45, 2.75) is 19.8 Å². The summed E-state index contributed by atoms with van der Waals surface area (Å²) in [7, 11) is -2.02. The third-order valence-electron chi connectivity index (χ3n) is 3.25. The molecule has 0 aliphatic heterocycles. The number of para-hydroxylation sites is 1. The second-order valence-corrected chi connectivity index (χ2v) is 6.97. The van der Waals surface area contributed by atoms with Crippen LogP contribution in [0.3, 0.4) is 0 Å². The molecule has 0 aliphatic rings. The fourth-order valence-corrected chi connectivity index (χ4v) is 2.79. The number of sulfonamides is 1. The van der Waals surface area contributed by atoms with Crippen LogP contribution >= 0.6 is 0 Å². The Hall–Kier alpha value is -2.07. The molecule has 6 nitrogen and oxygen atoms in total. The van der Waals surface area contributed by atoms with Crippen molar-refractivity contribution in [3.05, 3.63) is 29.8 Å². The molecule has 0 atom stereocenters. The zero-order valence-electron chi connectivity index (χ0n) is 13.1. The van der Waals surface area contributed by atoms with E-state index < -0.39 is 10.0 Å². The first-order chi connectivity index (χ1) is 10.3. The number of nitrogens with zero attached hydrogens (tertiary/aromatic N) is 3. The van der Waals surface area contributed by atoms with Crippen LogP contribution < -0.4 is 4.31 Å². The van der Waals surface area contributed by atoms with E-state index in [4.69, 9.17) is 5.26 Å². The van der Waals surface area contributed by atoms with Gasteiger partial charge in [0.1, 0.15) is 12.6 Å². The summed E-state index contributed by atoms with van der Waals surface area (Å²) in [5.74, 6) is -0.299. The Morgan fingerprint density at radius 2 is 1.95 bits per heavy atom. The van der Waals surface area contributed by atoms with Gasteiger partial charge in [0, 0.05) is 13.6 Å². The number of carbonyl (C=O) groups excluding carboxylic acids is 1. The first kappa shape index (κ1) is 18.0. The maximum absolute atomic E-state index is 12.2. The largest absolute Gasteiger partial charge is 0.344 e. The zero-order valence-corrected chi connectivity index (χ0v) is 13.9. The van der Waals surface area contributed by atoms with Crippen LogP contribution in [0.5, 0.6) is 0 Å². The second kappa shape index (κ2) is 7.80. The van der Waals surface area contributed by atoms with Crippen LogP contribution in [0.15, 0.2) is 24.3 Å². The van der Waals surface area contributed by atoms with E-state index in [2.05, 4.69) is 0 Å². The Kier molecular flexibility index (Phi) is 6.38. The molecule has 1 rings (SSSR count). The lowest BCUT2D eigenvalue weighted by Crippen LogP contribution is -2.41. The predicted molar refractivity (Wildman–Crippen MR) is 85.9 cm³/mol. The average Bonchev–Trinajstić information content (AvgIpc) is 2.48. The van der Waals surface area contributed by atoms with Crippen molar-refractivity contribution in [2.24, 2.45) is 0 Å². The Morgan fingerprint density at radius 1 is 1.32 bits per heavy atom. The van der Waals surface area contributed by atoms with E-state index in [9.17, 15) is 13.2 Å². The van der Waals surface area contributed by atoms with Crippen molar-refractivity contribution in [3.8, 4) is 6.07 Å². The van der Waals surface area contributed by atoms with Gasteiger partial charge in [0.25, 0.3) is 0 Å². The van der Waals surface area contributed by atoms with E-state index in [1.807, 2.05) is 13.0 Å². The number of benzene rings is 1. The lowest BCUT2D eigenvalue weighted by molar-refractivity contribution is -0.128. The number of carbonyl (C=O) groups is 1. The zero-order chi connectivity index (χ0) is 16.8. The lowest BCUT2D eigenvalue weighted by Gasteiger charge is -2.25. The molecule has 0 saturated heterocycles. The topological polar surface area (TPSA) is 81.5 Å². The van der Waals surface area contributed by atoms with Gasteiger partial charge in [0.05, 0.1) is 17.5 Å². The normalized spacial score (nSPS) is 10.8. The fraction of sp³-hybridized carbons (Fsp3) is 0.467. The summed E-state index contributed by atoms with van der Waals surface area (Å²) >= 11 is 0. The van der Waals surface area contributed by atoms with Crippen molar-refractivity contribution in [1.29, 1.82) is 5.26 Å². The number of amides is 1. The van der Waals surface area contributed by atoms with Crippen LogP contribution in [0.2, 0.25) is 0 Å². The van der Waals surface area contributed by atoms with Gasteiger partial charge >= 0.3 is 0 Å². The SMILES string of the molecule is CCCCN(C)C(=O)CN(c1ccccc1C#N)S(C)(=O)=O. The summed E-state index contributed by atoms with van der Waals surface area (Å²) in [4.78, 5) is 13.7. The standard InChI is InChI=1S/C15H21N3O3S/c1-4-5-10-17(2)15(19)12-18(22(3,20)21)14-9-7-6-8-13(14)11-16/h6-9H,4-5,10,12H2,1-3H3. The molecule has 7 heteroatoms. The number of anilines is 1. The first-order valence-corrected chi connectivity index (χ1v) is 8.87. The quantitative estimate of drug-likeness (QED) is 0.763. The number of hydrogen-bond donors (Lipinski definition) is 0. The van der Waals surface area contributed by atoms with Crippen LogP contribution in [0, 0.1) is 11.3 Å². The number of hydrogen-bond acceptors (Lipinski definition) is 4. The second-order valence-electron chi connectivity index (χ2n) is 5.07. The van der Waals surface area contributed by atoms with E-state index in [0.717, 1.165) is 23.4 Å². The third kappa shape index (κ3) is 4.74. The summed E-state index contributed by atoms with van der Waals surface area (Å²) in [6.07, 6.45) is 2.83. The van der Waals surface area contributed by atoms with Crippen molar-refractivity contribution in [1.82, 2.24) is 4.90 Å². The third-order valence-corrected chi connectivity index (χ3v) is 4.37. The molecule has 0 unspecified atom stereocenters. The molecule has 1 aromatic rings. The van der Waals surface area contributed by atoms with Crippen LogP contribution in [-0.2, 0) is 14.8 Å². The monoisotopic (exact) mass is 323 g/mol. The molecule has 0 radical (unpaired) electrons.